The van der Waals surface area contributed by atoms with E-state index in [-0.39, 0.29) is 18.4 Å². The Bertz CT molecular complexity index is 2430. The normalized spacial score (nSPS) is 22.5. The average Bonchev–Trinajstić information content (AvgIpc) is 3.91. The van der Waals surface area contributed by atoms with E-state index < -0.39 is 37.7 Å². The molecule has 0 radical (unpaired) electrons. The first kappa shape index (κ1) is 34.3. The molecule has 1 fully saturated rings. The van der Waals surface area contributed by atoms with Crippen molar-refractivity contribution in [1.29, 1.82) is 0 Å². The van der Waals surface area contributed by atoms with Gasteiger partial charge < -0.3 is 18.9 Å². The summed E-state index contributed by atoms with van der Waals surface area (Å²) in [5, 5.41) is 21.3. The van der Waals surface area contributed by atoms with Gasteiger partial charge in [-0.15, -0.1) is 5.10 Å². The summed E-state index contributed by atoms with van der Waals surface area (Å²) in [6.07, 6.45) is 0.651. The van der Waals surface area contributed by atoms with E-state index in [9.17, 15) is 14.7 Å². The number of rotatable bonds is 9. The molecule has 1 saturated heterocycles. The van der Waals surface area contributed by atoms with E-state index in [0.29, 0.717) is 29.8 Å². The highest BCUT2D eigenvalue weighted by molar-refractivity contribution is 6.72. The molecule has 2 amide bonds. The summed E-state index contributed by atoms with van der Waals surface area (Å²) in [6, 6.07) is 36.4. The SMILES string of the molecule is C[C@H]1[C@H]([Si](C)(C)F)[C@@H](CCn2cc([C@H](O)c3ccccc3)nn2)O[C@]12C(=O)N(Cc1cccc(N3C(=O)c4cccc5cccc3c45)c1)c1ccccc12. The number of anilines is 3. The fourth-order valence-corrected chi connectivity index (χ4v) is 11.7. The van der Waals surface area contributed by atoms with Gasteiger partial charge in [0.05, 0.1) is 35.8 Å². The summed E-state index contributed by atoms with van der Waals surface area (Å²) in [6.45, 7) is 5.97. The number of aliphatic hydroxyl groups excluding tert-OH is 1. The predicted molar refractivity (Wildman–Crippen MR) is 208 cm³/mol. The Morgan fingerprint density at radius 3 is 2.43 bits per heavy atom. The van der Waals surface area contributed by atoms with Crippen LogP contribution in [0.4, 0.5) is 21.2 Å². The molecule has 0 unspecified atom stereocenters. The summed E-state index contributed by atoms with van der Waals surface area (Å²) in [4.78, 5) is 32.2. The second kappa shape index (κ2) is 12.8. The molecule has 3 aliphatic rings. The summed E-state index contributed by atoms with van der Waals surface area (Å²) >= 11 is 0. The number of ether oxygens (including phenoxy) is 1. The van der Waals surface area contributed by atoms with Crippen molar-refractivity contribution in [3.05, 3.63) is 149 Å². The monoisotopic (exact) mass is 737 g/mol. The van der Waals surface area contributed by atoms with E-state index in [4.69, 9.17) is 4.74 Å². The van der Waals surface area contributed by atoms with E-state index in [0.717, 1.165) is 39.0 Å². The van der Waals surface area contributed by atoms with Crippen LogP contribution < -0.4 is 9.80 Å². The quantitative estimate of drug-likeness (QED) is 0.119. The molecule has 5 aromatic carbocycles. The number of nitrogens with zero attached hydrogens (tertiary/aromatic N) is 5. The number of aromatic nitrogens is 3. The molecule has 9 rings (SSSR count). The lowest BCUT2D eigenvalue weighted by molar-refractivity contribution is -0.146. The zero-order valence-corrected chi connectivity index (χ0v) is 31.3. The predicted octanol–water partition coefficient (Wildman–Crippen LogP) is 8.22. The standard InChI is InChI=1S/C43H40FN5O4Si/c1-27-40(54(2,3)44)37(22-23-47-26-34(45-46-47)39(50)30-13-5-4-6-14-30)53-43(27)33-19-7-8-20-35(33)48(42(43)52)25-28-12-9-17-31(24-28)49-36-21-11-16-29-15-10-18-32(38(29)36)41(49)51/h4-21,24,26-27,37,39-40,50H,22-23,25H2,1-3H3/t27-,37+,39+,40-,43+/m0/s1. The number of carbonyl (C=O) groups is 2. The van der Waals surface area contributed by atoms with Gasteiger partial charge in [-0.2, -0.15) is 0 Å². The van der Waals surface area contributed by atoms with Crippen LogP contribution >= 0.6 is 0 Å². The van der Waals surface area contributed by atoms with E-state index in [1.807, 2.05) is 122 Å². The Balaban J connectivity index is 0.998. The zero-order valence-electron chi connectivity index (χ0n) is 30.3. The fraction of sp³-hybridized carbons (Fsp3) is 0.256. The number of aliphatic hydroxyl groups is 1. The molecule has 1 aromatic heterocycles. The van der Waals surface area contributed by atoms with Crippen molar-refractivity contribution < 1.29 is 23.5 Å². The van der Waals surface area contributed by atoms with E-state index in [2.05, 4.69) is 10.3 Å². The van der Waals surface area contributed by atoms with Crippen LogP contribution in [0.25, 0.3) is 10.8 Å². The lowest BCUT2D eigenvalue weighted by atomic mass is 9.82. The first-order valence-corrected chi connectivity index (χ1v) is 21.4. The molecule has 0 bridgehead atoms. The molecule has 4 heterocycles. The van der Waals surface area contributed by atoms with Crippen molar-refractivity contribution in [2.75, 3.05) is 9.80 Å². The molecule has 0 aliphatic carbocycles. The molecule has 1 N–H and O–H groups in total. The molecule has 54 heavy (non-hydrogen) atoms. The van der Waals surface area contributed by atoms with Gasteiger partial charge in [-0.05, 0) is 66.4 Å². The average molecular weight is 738 g/mol. The third-order valence-electron chi connectivity index (χ3n) is 11.5. The number of aryl methyl sites for hydroxylation is 1. The van der Waals surface area contributed by atoms with Gasteiger partial charge in [0.15, 0.2) is 5.60 Å². The minimum atomic E-state index is -3.38. The molecule has 0 saturated carbocycles. The largest absolute Gasteiger partial charge is 0.382 e. The van der Waals surface area contributed by atoms with Crippen molar-refractivity contribution in [3.8, 4) is 0 Å². The minimum Gasteiger partial charge on any atom is -0.382 e. The van der Waals surface area contributed by atoms with Crippen LogP contribution in [0, 0.1) is 5.92 Å². The van der Waals surface area contributed by atoms with Crippen LogP contribution in [0.3, 0.4) is 0 Å². The third kappa shape index (κ3) is 5.32. The number of hydrogen-bond acceptors (Lipinski definition) is 6. The number of benzene rings is 5. The van der Waals surface area contributed by atoms with Gasteiger partial charge in [-0.25, -0.2) is 0 Å². The maximum atomic E-state index is 16.4. The first-order valence-electron chi connectivity index (χ1n) is 18.4. The van der Waals surface area contributed by atoms with Crippen molar-refractivity contribution >= 4 is 48.1 Å². The van der Waals surface area contributed by atoms with Crippen LogP contribution in [0.2, 0.25) is 18.6 Å². The smallest absolute Gasteiger partial charge is 0.264 e. The third-order valence-corrected chi connectivity index (χ3v) is 14.0. The maximum Gasteiger partial charge on any atom is 0.264 e. The second-order valence-electron chi connectivity index (χ2n) is 15.2. The molecule has 3 aliphatic heterocycles. The number of amides is 2. The van der Waals surface area contributed by atoms with Gasteiger partial charge in [-0.1, -0.05) is 97.1 Å². The minimum absolute atomic E-state index is 0.0849. The zero-order chi connectivity index (χ0) is 37.4. The van der Waals surface area contributed by atoms with Gasteiger partial charge in [0.1, 0.15) is 11.8 Å². The Morgan fingerprint density at radius 1 is 0.907 bits per heavy atom. The van der Waals surface area contributed by atoms with Gasteiger partial charge in [0.25, 0.3) is 11.8 Å². The van der Waals surface area contributed by atoms with Gasteiger partial charge >= 0.3 is 0 Å². The molecule has 1 spiro atoms. The van der Waals surface area contributed by atoms with Crippen molar-refractivity contribution in [2.24, 2.45) is 5.92 Å². The van der Waals surface area contributed by atoms with Crippen LogP contribution in [0.15, 0.2) is 121 Å². The number of para-hydroxylation sites is 1. The van der Waals surface area contributed by atoms with Crippen LogP contribution in [0.5, 0.6) is 0 Å². The van der Waals surface area contributed by atoms with Gasteiger partial charge in [-0.3, -0.25) is 19.2 Å². The highest BCUT2D eigenvalue weighted by Crippen LogP contribution is 2.60. The number of hydrogen-bond donors (Lipinski definition) is 1. The summed E-state index contributed by atoms with van der Waals surface area (Å²) in [5.74, 6) is -0.736. The van der Waals surface area contributed by atoms with Crippen molar-refractivity contribution in [3.63, 3.8) is 0 Å². The molecule has 272 valence electrons. The molecular weight excluding hydrogens is 698 g/mol. The first-order chi connectivity index (χ1) is 26.1. The number of halogens is 1. The summed E-state index contributed by atoms with van der Waals surface area (Å²) < 4.78 is 25.0. The van der Waals surface area contributed by atoms with Crippen molar-refractivity contribution in [1.82, 2.24) is 15.0 Å². The van der Waals surface area contributed by atoms with Crippen LogP contribution in [-0.4, -0.2) is 46.4 Å². The maximum absolute atomic E-state index is 16.4. The molecule has 9 nitrogen and oxygen atoms in total. The summed E-state index contributed by atoms with van der Waals surface area (Å²) in [7, 11) is -3.38. The van der Waals surface area contributed by atoms with E-state index in [1.165, 1.54) is 0 Å². The Kier molecular flexibility index (Phi) is 8.14. The fourth-order valence-electron chi connectivity index (χ4n) is 9.19. The van der Waals surface area contributed by atoms with Gasteiger partial charge in [0.2, 0.25) is 8.41 Å². The topological polar surface area (TPSA) is 101 Å². The van der Waals surface area contributed by atoms with Crippen LogP contribution in [-0.2, 0) is 28.2 Å². The lowest BCUT2D eigenvalue weighted by Crippen LogP contribution is -2.45. The highest BCUT2D eigenvalue weighted by atomic mass is 28.4. The lowest BCUT2D eigenvalue weighted by Gasteiger charge is -2.31. The molecule has 6 aromatic rings. The molecule has 5 atom stereocenters. The van der Waals surface area contributed by atoms with Crippen LogP contribution in [0.1, 0.15) is 52.2 Å². The molecular formula is C43H40FN5O4Si. The van der Waals surface area contributed by atoms with Crippen molar-refractivity contribution in [2.45, 2.75) is 62.9 Å². The Hall–Kier alpha value is -5.49. The molecule has 11 heteroatoms. The van der Waals surface area contributed by atoms with Gasteiger partial charge in [0, 0.05) is 34.6 Å². The highest BCUT2D eigenvalue weighted by Gasteiger charge is 2.66. The summed E-state index contributed by atoms with van der Waals surface area (Å²) in [5.41, 5.74) is 3.87. The number of carbonyl (C=O) groups excluding carboxylic acids is 2. The number of fused-ring (bicyclic) bond motifs is 2. The Morgan fingerprint density at radius 2 is 1.63 bits per heavy atom. The second-order valence-corrected chi connectivity index (χ2v) is 19.0. The van der Waals surface area contributed by atoms with E-state index in [1.54, 1.807) is 33.8 Å². The van der Waals surface area contributed by atoms with E-state index >= 15 is 4.11 Å². The Labute approximate surface area is 313 Å².